The molecule has 2 aliphatic heterocycles. The fourth-order valence-electron chi connectivity index (χ4n) is 3.93. The van der Waals surface area contributed by atoms with Gasteiger partial charge in [0, 0.05) is 10.5 Å². The molecule has 0 aromatic heterocycles. The molecular weight excluding hydrogens is 212 g/mol. The van der Waals surface area contributed by atoms with Gasteiger partial charge in [-0.25, -0.2) is 0 Å². The predicted molar refractivity (Wildman–Crippen MR) is 72.7 cm³/mol. The van der Waals surface area contributed by atoms with Crippen LogP contribution in [0.1, 0.15) is 46.0 Å². The smallest absolute Gasteiger partial charge is 0.0270 e. The van der Waals surface area contributed by atoms with Crippen LogP contribution in [0.2, 0.25) is 0 Å². The minimum Gasteiger partial charge on any atom is -0.146 e. The Morgan fingerprint density at radius 1 is 0.938 bits per heavy atom. The summed E-state index contributed by atoms with van der Waals surface area (Å²) in [6, 6.07) is 0. The Morgan fingerprint density at radius 2 is 1.44 bits per heavy atom. The second-order valence-corrected chi connectivity index (χ2v) is 6.85. The molecular formula is C15H22S. The zero-order chi connectivity index (χ0) is 11.1. The van der Waals surface area contributed by atoms with Crippen LogP contribution in [0.15, 0.2) is 23.3 Å². The van der Waals surface area contributed by atoms with Gasteiger partial charge >= 0.3 is 0 Å². The highest BCUT2D eigenvalue weighted by molar-refractivity contribution is 8.01. The van der Waals surface area contributed by atoms with Crippen LogP contribution in [0.5, 0.6) is 0 Å². The first-order valence-electron chi connectivity index (χ1n) is 6.88. The van der Waals surface area contributed by atoms with Crippen molar-refractivity contribution in [3.8, 4) is 0 Å². The molecule has 4 bridgehead atoms. The molecule has 2 saturated carbocycles. The second-order valence-electron chi connectivity index (χ2n) is 5.44. The first-order valence-corrected chi connectivity index (χ1v) is 7.83. The molecule has 2 saturated heterocycles. The maximum absolute atomic E-state index is 2.53. The third-order valence-corrected chi connectivity index (χ3v) is 6.05. The molecule has 4 unspecified atom stereocenters. The molecule has 4 fully saturated rings. The Morgan fingerprint density at radius 3 is 1.81 bits per heavy atom. The van der Waals surface area contributed by atoms with Gasteiger partial charge in [-0.3, -0.25) is 0 Å². The van der Waals surface area contributed by atoms with Gasteiger partial charge in [0.15, 0.2) is 0 Å². The summed E-state index contributed by atoms with van der Waals surface area (Å²) in [5.41, 5.74) is 3.63. The van der Waals surface area contributed by atoms with Crippen LogP contribution >= 0.6 is 11.8 Å². The minimum atomic E-state index is 0.886. The van der Waals surface area contributed by atoms with E-state index >= 15 is 0 Å². The van der Waals surface area contributed by atoms with E-state index < -0.39 is 0 Å². The Balaban J connectivity index is 1.87. The molecule has 0 amide bonds. The summed E-state index contributed by atoms with van der Waals surface area (Å²) in [4.78, 5) is 0. The molecule has 4 aliphatic rings. The van der Waals surface area contributed by atoms with Gasteiger partial charge in [-0.1, -0.05) is 37.1 Å². The standard InChI is InChI=1S/C15H22S/c1-3-5-12-10-7-11-9-14(12)16-15(8-10)13(11)6-4-2/h5-6,10-11,14-15H,3-4,7-9H2,1-2H3/b12-5-,13-6-. The van der Waals surface area contributed by atoms with Crippen LogP contribution in [-0.4, -0.2) is 10.5 Å². The lowest BCUT2D eigenvalue weighted by Gasteiger charge is -2.52. The summed E-state index contributed by atoms with van der Waals surface area (Å²) in [6.45, 7) is 4.57. The van der Waals surface area contributed by atoms with E-state index in [-0.39, 0.29) is 0 Å². The van der Waals surface area contributed by atoms with Crippen LogP contribution < -0.4 is 0 Å². The van der Waals surface area contributed by atoms with Crippen LogP contribution in [0.4, 0.5) is 0 Å². The highest BCUT2D eigenvalue weighted by atomic mass is 32.2. The van der Waals surface area contributed by atoms with Crippen molar-refractivity contribution in [2.75, 3.05) is 0 Å². The highest BCUT2D eigenvalue weighted by Crippen LogP contribution is 2.58. The van der Waals surface area contributed by atoms with Gasteiger partial charge < -0.3 is 0 Å². The van der Waals surface area contributed by atoms with Gasteiger partial charge in [0.2, 0.25) is 0 Å². The first kappa shape index (κ1) is 11.0. The zero-order valence-electron chi connectivity index (χ0n) is 10.4. The quantitative estimate of drug-likeness (QED) is 0.631. The molecule has 4 atom stereocenters. The van der Waals surface area contributed by atoms with Gasteiger partial charge in [-0.05, 0) is 43.9 Å². The Labute approximate surface area is 104 Å². The summed E-state index contributed by atoms with van der Waals surface area (Å²) in [6.07, 6.45) is 11.9. The molecule has 2 heterocycles. The molecule has 0 aromatic rings. The molecule has 88 valence electrons. The van der Waals surface area contributed by atoms with E-state index in [9.17, 15) is 0 Å². The summed E-state index contributed by atoms with van der Waals surface area (Å²) in [5.74, 6) is 1.90. The molecule has 0 spiro atoms. The third kappa shape index (κ3) is 1.59. The SMILES string of the molecule is CC/C=C1/C2CC3CC1SC(C2)/C3=C\CC. The molecule has 1 heteroatoms. The van der Waals surface area contributed by atoms with E-state index in [4.69, 9.17) is 0 Å². The number of hydrogen-bond acceptors (Lipinski definition) is 1. The summed E-state index contributed by atoms with van der Waals surface area (Å²) in [5, 5.41) is 1.77. The number of rotatable bonds is 2. The van der Waals surface area contributed by atoms with Crippen molar-refractivity contribution in [2.24, 2.45) is 11.8 Å². The average Bonchev–Trinajstić information content (AvgIpc) is 2.26. The Bertz CT molecular complexity index is 273. The van der Waals surface area contributed by atoms with Gasteiger partial charge in [-0.15, -0.1) is 11.8 Å². The van der Waals surface area contributed by atoms with Crippen molar-refractivity contribution in [2.45, 2.75) is 56.5 Å². The number of allylic oxidation sites excluding steroid dienone is 2. The molecule has 0 radical (unpaired) electrons. The molecule has 4 rings (SSSR count). The lowest BCUT2D eigenvalue weighted by atomic mass is 9.66. The summed E-state index contributed by atoms with van der Waals surface area (Å²) >= 11 is 2.27. The fraction of sp³-hybridized carbons (Fsp3) is 0.733. The van der Waals surface area contributed by atoms with Crippen LogP contribution in [0.3, 0.4) is 0 Å². The highest BCUT2D eigenvalue weighted by Gasteiger charge is 2.47. The van der Waals surface area contributed by atoms with Crippen molar-refractivity contribution < 1.29 is 0 Å². The predicted octanol–water partition coefficient (Wildman–Crippen LogP) is 4.57. The average molecular weight is 234 g/mol. The third-order valence-electron chi connectivity index (χ3n) is 4.46. The van der Waals surface area contributed by atoms with Gasteiger partial charge in [0.25, 0.3) is 0 Å². The van der Waals surface area contributed by atoms with E-state index in [1.165, 1.54) is 32.1 Å². The van der Waals surface area contributed by atoms with E-state index in [0.29, 0.717) is 0 Å². The fourth-order valence-corrected chi connectivity index (χ4v) is 5.90. The molecule has 0 nitrogen and oxygen atoms in total. The van der Waals surface area contributed by atoms with Crippen molar-refractivity contribution in [3.05, 3.63) is 23.3 Å². The second kappa shape index (κ2) is 4.25. The minimum absolute atomic E-state index is 0.886. The van der Waals surface area contributed by atoms with Crippen molar-refractivity contribution in [1.82, 2.24) is 0 Å². The Hall–Kier alpha value is -0.170. The van der Waals surface area contributed by atoms with E-state index in [0.717, 1.165) is 22.3 Å². The maximum atomic E-state index is 2.53. The van der Waals surface area contributed by atoms with E-state index in [1.54, 1.807) is 0 Å². The van der Waals surface area contributed by atoms with Gasteiger partial charge in [-0.2, -0.15) is 0 Å². The van der Waals surface area contributed by atoms with E-state index in [2.05, 4.69) is 37.8 Å². The van der Waals surface area contributed by atoms with Crippen molar-refractivity contribution in [3.63, 3.8) is 0 Å². The molecule has 2 aliphatic carbocycles. The van der Waals surface area contributed by atoms with Crippen LogP contribution in [0, 0.1) is 11.8 Å². The largest absolute Gasteiger partial charge is 0.146 e. The van der Waals surface area contributed by atoms with Gasteiger partial charge in [0.1, 0.15) is 0 Å². The Kier molecular flexibility index (Phi) is 2.91. The molecule has 16 heavy (non-hydrogen) atoms. The number of hydrogen-bond donors (Lipinski definition) is 0. The lowest BCUT2D eigenvalue weighted by molar-refractivity contribution is 0.298. The number of thioether (sulfide) groups is 1. The van der Waals surface area contributed by atoms with Crippen molar-refractivity contribution >= 4 is 11.8 Å². The monoisotopic (exact) mass is 234 g/mol. The van der Waals surface area contributed by atoms with Crippen molar-refractivity contribution in [1.29, 1.82) is 0 Å². The van der Waals surface area contributed by atoms with E-state index in [1.807, 2.05) is 11.1 Å². The topological polar surface area (TPSA) is 0 Å². The van der Waals surface area contributed by atoms with Gasteiger partial charge in [0.05, 0.1) is 0 Å². The molecule has 0 N–H and O–H groups in total. The summed E-state index contributed by atoms with van der Waals surface area (Å²) in [7, 11) is 0. The molecule has 0 aromatic carbocycles. The summed E-state index contributed by atoms with van der Waals surface area (Å²) < 4.78 is 0. The van der Waals surface area contributed by atoms with Crippen LogP contribution in [0.25, 0.3) is 0 Å². The van der Waals surface area contributed by atoms with Crippen LogP contribution in [-0.2, 0) is 0 Å². The normalized spacial score (nSPS) is 45.9. The first-order chi connectivity index (χ1) is 7.83. The lowest BCUT2D eigenvalue weighted by Crippen LogP contribution is -2.44. The zero-order valence-corrected chi connectivity index (χ0v) is 11.2. The maximum Gasteiger partial charge on any atom is 0.0270 e.